The summed E-state index contributed by atoms with van der Waals surface area (Å²) in [6.07, 6.45) is 1.12. The third kappa shape index (κ3) is 2.70. The second kappa shape index (κ2) is 6.16. The Bertz CT molecular complexity index is 620. The highest BCUT2D eigenvalue weighted by Crippen LogP contribution is 2.29. The minimum atomic E-state index is 0.351. The van der Waals surface area contributed by atoms with Crippen LogP contribution < -0.4 is 5.32 Å². The molecule has 0 saturated carbocycles. The summed E-state index contributed by atoms with van der Waals surface area (Å²) in [6.45, 7) is 10.0. The van der Waals surface area contributed by atoms with Gasteiger partial charge in [-0.05, 0) is 37.6 Å². The average molecular weight is 287 g/mol. The van der Waals surface area contributed by atoms with Crippen molar-refractivity contribution in [2.24, 2.45) is 0 Å². The first-order chi connectivity index (χ1) is 10.2. The lowest BCUT2D eigenvalue weighted by Gasteiger charge is -2.19. The number of rotatable bonds is 5. The van der Waals surface area contributed by atoms with Crippen LogP contribution in [0.1, 0.15) is 37.6 Å². The van der Waals surface area contributed by atoms with Crippen molar-refractivity contribution in [3.63, 3.8) is 0 Å². The van der Waals surface area contributed by atoms with Gasteiger partial charge >= 0.3 is 0 Å². The van der Waals surface area contributed by atoms with E-state index in [0.717, 1.165) is 38.2 Å². The molecule has 2 unspecified atom stereocenters. The molecule has 0 amide bonds. The molecule has 4 nitrogen and oxygen atoms in total. The van der Waals surface area contributed by atoms with Gasteiger partial charge in [0.25, 0.3) is 0 Å². The molecule has 0 spiro atoms. The molecule has 2 aromatic rings. The number of imidazole rings is 1. The number of nitrogens with one attached hydrogen (secondary N) is 1. The van der Waals surface area contributed by atoms with Gasteiger partial charge in [-0.15, -0.1) is 0 Å². The Morgan fingerprint density at radius 2 is 2.19 bits per heavy atom. The van der Waals surface area contributed by atoms with Crippen molar-refractivity contribution in [1.29, 1.82) is 0 Å². The zero-order valence-corrected chi connectivity index (χ0v) is 13.2. The van der Waals surface area contributed by atoms with Crippen molar-refractivity contribution in [1.82, 2.24) is 14.9 Å². The Labute approximate surface area is 126 Å². The number of likely N-dealkylation sites (N-methyl/N-ethyl adjacent to an activating group) is 1. The molecule has 1 N–H and O–H groups in total. The van der Waals surface area contributed by atoms with Crippen LogP contribution >= 0.6 is 0 Å². The van der Waals surface area contributed by atoms with Gasteiger partial charge in [0.15, 0.2) is 0 Å². The molecule has 1 aromatic heterocycles. The minimum absolute atomic E-state index is 0.351. The van der Waals surface area contributed by atoms with Crippen LogP contribution in [0.15, 0.2) is 18.2 Å². The van der Waals surface area contributed by atoms with Crippen LogP contribution in [0.2, 0.25) is 0 Å². The summed E-state index contributed by atoms with van der Waals surface area (Å²) < 4.78 is 8.10. The summed E-state index contributed by atoms with van der Waals surface area (Å²) in [5.74, 6) is 1.53. The molecule has 4 heteroatoms. The summed E-state index contributed by atoms with van der Waals surface area (Å²) in [5, 5.41) is 3.54. The molecule has 1 aliphatic heterocycles. The zero-order valence-electron chi connectivity index (χ0n) is 13.2. The van der Waals surface area contributed by atoms with E-state index in [4.69, 9.17) is 9.72 Å². The number of hydrogen-bond donors (Lipinski definition) is 1. The van der Waals surface area contributed by atoms with Gasteiger partial charge in [0.1, 0.15) is 5.82 Å². The van der Waals surface area contributed by atoms with Gasteiger partial charge in [0, 0.05) is 12.6 Å². The number of aryl methyl sites for hydroxylation is 2. The lowest BCUT2D eigenvalue weighted by molar-refractivity contribution is 0.187. The van der Waals surface area contributed by atoms with E-state index in [1.54, 1.807) is 0 Å². The van der Waals surface area contributed by atoms with E-state index in [1.807, 2.05) is 0 Å². The normalized spacial score (nSPS) is 22.2. The fraction of sp³-hybridized carbons (Fsp3) is 0.588. The maximum absolute atomic E-state index is 5.71. The Hall–Kier alpha value is -1.39. The monoisotopic (exact) mass is 287 g/mol. The quantitative estimate of drug-likeness (QED) is 0.919. The van der Waals surface area contributed by atoms with E-state index in [2.05, 4.69) is 48.9 Å². The number of hydrogen-bond acceptors (Lipinski definition) is 3. The second-order valence-electron chi connectivity index (χ2n) is 5.92. The predicted molar refractivity (Wildman–Crippen MR) is 85.8 cm³/mol. The highest BCUT2D eigenvalue weighted by molar-refractivity contribution is 5.77. The van der Waals surface area contributed by atoms with Crippen LogP contribution in [-0.2, 0) is 11.3 Å². The van der Waals surface area contributed by atoms with E-state index in [9.17, 15) is 0 Å². The van der Waals surface area contributed by atoms with Gasteiger partial charge in [0.2, 0.25) is 0 Å². The van der Waals surface area contributed by atoms with Crippen molar-refractivity contribution in [3.05, 3.63) is 29.6 Å². The van der Waals surface area contributed by atoms with Gasteiger partial charge in [-0.1, -0.05) is 19.9 Å². The number of benzene rings is 1. The minimum Gasteiger partial charge on any atom is -0.379 e. The number of fused-ring (bicyclic) bond motifs is 1. The summed E-state index contributed by atoms with van der Waals surface area (Å²) in [4.78, 5) is 4.95. The van der Waals surface area contributed by atoms with E-state index in [0.29, 0.717) is 12.0 Å². The molecule has 0 aliphatic carbocycles. The Balaban J connectivity index is 2.05. The number of aromatic nitrogens is 2. The van der Waals surface area contributed by atoms with E-state index < -0.39 is 0 Å². The summed E-state index contributed by atoms with van der Waals surface area (Å²) in [6, 6.07) is 6.94. The van der Waals surface area contributed by atoms with E-state index in [1.165, 1.54) is 16.9 Å². The molecule has 3 rings (SSSR count). The van der Waals surface area contributed by atoms with Crippen molar-refractivity contribution < 1.29 is 4.74 Å². The molecule has 114 valence electrons. The molecular weight excluding hydrogens is 262 g/mol. The molecular formula is C17H25N3O. The van der Waals surface area contributed by atoms with Crippen LogP contribution in [-0.4, -0.2) is 35.4 Å². The first kappa shape index (κ1) is 14.5. The fourth-order valence-electron chi connectivity index (χ4n) is 3.27. The molecule has 2 heterocycles. The first-order valence-electron chi connectivity index (χ1n) is 8.02. The third-order valence-corrected chi connectivity index (χ3v) is 4.26. The SMILES string of the molecule is CCCn1c(C2COCC2NCC)nc2cc(C)ccc21. The highest BCUT2D eigenvalue weighted by Gasteiger charge is 2.32. The van der Waals surface area contributed by atoms with E-state index in [-0.39, 0.29) is 0 Å². The largest absolute Gasteiger partial charge is 0.379 e. The molecule has 1 saturated heterocycles. The molecule has 1 fully saturated rings. The Morgan fingerprint density at radius 3 is 2.95 bits per heavy atom. The van der Waals surface area contributed by atoms with Crippen molar-refractivity contribution >= 4 is 11.0 Å². The lowest BCUT2D eigenvalue weighted by atomic mass is 10.0. The smallest absolute Gasteiger partial charge is 0.116 e. The second-order valence-corrected chi connectivity index (χ2v) is 5.92. The predicted octanol–water partition coefficient (Wildman–Crippen LogP) is 2.85. The Morgan fingerprint density at radius 1 is 1.33 bits per heavy atom. The molecule has 2 atom stereocenters. The molecule has 21 heavy (non-hydrogen) atoms. The summed E-state index contributed by atoms with van der Waals surface area (Å²) in [7, 11) is 0. The lowest BCUT2D eigenvalue weighted by Crippen LogP contribution is -2.35. The van der Waals surface area contributed by atoms with Crippen LogP contribution in [0.5, 0.6) is 0 Å². The fourth-order valence-corrected chi connectivity index (χ4v) is 3.27. The number of ether oxygens (including phenoxy) is 1. The van der Waals surface area contributed by atoms with Gasteiger partial charge in [-0.3, -0.25) is 0 Å². The maximum Gasteiger partial charge on any atom is 0.116 e. The van der Waals surface area contributed by atoms with Crippen molar-refractivity contribution in [2.75, 3.05) is 19.8 Å². The van der Waals surface area contributed by atoms with Gasteiger partial charge in [0.05, 0.1) is 30.2 Å². The maximum atomic E-state index is 5.71. The average Bonchev–Trinajstić information content (AvgIpc) is 3.04. The summed E-state index contributed by atoms with van der Waals surface area (Å²) >= 11 is 0. The standard InChI is InChI=1S/C17H25N3O/c1-4-8-20-16-7-6-12(3)9-14(16)19-17(20)13-10-21-11-15(13)18-5-2/h6-7,9,13,15,18H,4-5,8,10-11H2,1-3H3. The molecule has 1 aliphatic rings. The molecule has 1 aromatic carbocycles. The number of nitrogens with zero attached hydrogens (tertiary/aromatic N) is 2. The molecule has 0 bridgehead atoms. The summed E-state index contributed by atoms with van der Waals surface area (Å²) in [5.41, 5.74) is 3.63. The van der Waals surface area contributed by atoms with Crippen LogP contribution in [0.3, 0.4) is 0 Å². The topological polar surface area (TPSA) is 39.1 Å². The van der Waals surface area contributed by atoms with Crippen LogP contribution in [0.4, 0.5) is 0 Å². The van der Waals surface area contributed by atoms with Crippen molar-refractivity contribution in [2.45, 2.75) is 45.7 Å². The Kier molecular flexibility index (Phi) is 4.27. The van der Waals surface area contributed by atoms with Gasteiger partial charge in [-0.2, -0.15) is 0 Å². The first-order valence-corrected chi connectivity index (χ1v) is 8.02. The van der Waals surface area contributed by atoms with Crippen LogP contribution in [0.25, 0.3) is 11.0 Å². The van der Waals surface area contributed by atoms with Gasteiger partial charge in [-0.25, -0.2) is 4.98 Å². The highest BCUT2D eigenvalue weighted by atomic mass is 16.5. The van der Waals surface area contributed by atoms with E-state index >= 15 is 0 Å². The van der Waals surface area contributed by atoms with Crippen molar-refractivity contribution in [3.8, 4) is 0 Å². The van der Waals surface area contributed by atoms with Gasteiger partial charge < -0.3 is 14.6 Å². The molecule has 0 radical (unpaired) electrons. The zero-order chi connectivity index (χ0) is 14.8. The third-order valence-electron chi connectivity index (χ3n) is 4.26. The van der Waals surface area contributed by atoms with Crippen LogP contribution in [0, 0.1) is 6.92 Å².